The summed E-state index contributed by atoms with van der Waals surface area (Å²) in [7, 11) is 2.64. The molecule has 0 unspecified atom stereocenters. The van der Waals surface area contributed by atoms with E-state index in [4.69, 9.17) is 9.47 Å². The number of methoxy groups -OCH3 is 2. The molecule has 1 aliphatic carbocycles. The van der Waals surface area contributed by atoms with E-state index in [1.165, 1.54) is 26.4 Å². The van der Waals surface area contributed by atoms with Gasteiger partial charge in [-0.15, -0.1) is 0 Å². The first-order valence-electron chi connectivity index (χ1n) is 7.83. The number of hydrogen-bond donors (Lipinski definition) is 1. The van der Waals surface area contributed by atoms with Gasteiger partial charge in [0.2, 0.25) is 0 Å². The molecular formula is C17H22F3NO3. The molecule has 1 saturated carbocycles. The largest absolute Gasteiger partial charge is 0.496 e. The summed E-state index contributed by atoms with van der Waals surface area (Å²) in [6.07, 6.45) is -1.60. The highest BCUT2D eigenvalue weighted by molar-refractivity contribution is 5.97. The number of benzene rings is 1. The maximum atomic E-state index is 13.1. The highest BCUT2D eigenvalue weighted by atomic mass is 19.4. The minimum absolute atomic E-state index is 0.0720. The van der Waals surface area contributed by atoms with Crippen LogP contribution in [0.15, 0.2) is 18.2 Å². The van der Waals surface area contributed by atoms with Crippen molar-refractivity contribution in [1.82, 2.24) is 0 Å². The van der Waals surface area contributed by atoms with E-state index in [1.807, 2.05) is 6.92 Å². The molecule has 0 spiro atoms. The molecule has 0 heterocycles. The molecular weight excluding hydrogens is 323 g/mol. The third-order valence-corrected chi connectivity index (χ3v) is 4.52. The van der Waals surface area contributed by atoms with Crippen LogP contribution in [0.2, 0.25) is 0 Å². The Kier molecular flexibility index (Phi) is 5.42. The van der Waals surface area contributed by atoms with Crippen molar-refractivity contribution in [3.05, 3.63) is 23.8 Å². The maximum absolute atomic E-state index is 13.1. The summed E-state index contributed by atoms with van der Waals surface area (Å²) in [5.74, 6) is -0.367. The van der Waals surface area contributed by atoms with E-state index in [2.05, 4.69) is 5.32 Å². The monoisotopic (exact) mass is 345 g/mol. The Labute approximate surface area is 139 Å². The van der Waals surface area contributed by atoms with E-state index >= 15 is 0 Å². The van der Waals surface area contributed by atoms with Crippen molar-refractivity contribution >= 4 is 11.6 Å². The van der Waals surface area contributed by atoms with E-state index in [0.29, 0.717) is 18.8 Å². The van der Waals surface area contributed by atoms with Crippen LogP contribution in [0.4, 0.5) is 18.9 Å². The Hall–Kier alpha value is -1.76. The first kappa shape index (κ1) is 18.6. The van der Waals surface area contributed by atoms with Gasteiger partial charge in [0.15, 0.2) is 0 Å². The van der Waals surface area contributed by atoms with Crippen molar-refractivity contribution < 1.29 is 27.4 Å². The van der Waals surface area contributed by atoms with Gasteiger partial charge in [-0.05, 0) is 43.4 Å². The molecule has 134 valence electrons. The minimum Gasteiger partial charge on any atom is -0.496 e. The van der Waals surface area contributed by atoms with Crippen molar-refractivity contribution in [3.63, 3.8) is 0 Å². The van der Waals surface area contributed by atoms with E-state index in [1.54, 1.807) is 0 Å². The van der Waals surface area contributed by atoms with Crippen molar-refractivity contribution in [1.29, 1.82) is 0 Å². The van der Waals surface area contributed by atoms with Gasteiger partial charge in [0.25, 0.3) is 5.91 Å². The van der Waals surface area contributed by atoms with Crippen LogP contribution in [0, 0.1) is 5.92 Å². The molecule has 7 heteroatoms. The lowest BCUT2D eigenvalue weighted by molar-refractivity contribution is -0.143. The van der Waals surface area contributed by atoms with Gasteiger partial charge < -0.3 is 14.8 Å². The molecule has 24 heavy (non-hydrogen) atoms. The smallest absolute Gasteiger partial charge is 0.420 e. The van der Waals surface area contributed by atoms with Gasteiger partial charge in [-0.1, -0.05) is 13.3 Å². The van der Waals surface area contributed by atoms with Gasteiger partial charge in [-0.2, -0.15) is 13.2 Å². The Bertz CT molecular complexity index is 603. The van der Waals surface area contributed by atoms with Crippen LogP contribution < -0.4 is 10.1 Å². The third-order valence-electron chi connectivity index (χ3n) is 4.52. The Morgan fingerprint density at radius 1 is 1.33 bits per heavy atom. The number of amides is 1. The first-order valence-corrected chi connectivity index (χ1v) is 7.83. The van der Waals surface area contributed by atoms with Crippen LogP contribution in [0.5, 0.6) is 5.75 Å². The van der Waals surface area contributed by atoms with Crippen LogP contribution in [0.3, 0.4) is 0 Å². The fraction of sp³-hybridized carbons (Fsp3) is 0.588. The minimum atomic E-state index is -4.57. The first-order chi connectivity index (χ1) is 11.2. The lowest BCUT2D eigenvalue weighted by atomic mass is 9.78. The molecule has 1 aromatic rings. The summed E-state index contributed by atoms with van der Waals surface area (Å²) < 4.78 is 49.5. The number of nitrogens with one attached hydrogen (secondary N) is 1. The van der Waals surface area contributed by atoms with Crippen LogP contribution in [0.1, 0.15) is 38.2 Å². The number of carbonyl (C=O) groups excluding carboxylic acids is 1. The number of halogens is 3. The predicted octanol–water partition coefficient (Wildman–Crippen LogP) is 4.25. The molecule has 1 aliphatic rings. The SMILES string of the molecule is COc1ccc(NC(=O)[C@]2(OC)CCC[C@H](C)C2)cc1C(F)(F)F. The topological polar surface area (TPSA) is 47.6 Å². The second kappa shape index (κ2) is 7.01. The zero-order chi connectivity index (χ0) is 18.0. The standard InChI is InChI=1S/C17H22F3NO3/c1-11-5-4-8-16(10-11,24-3)15(22)21-12-6-7-14(23-2)13(9-12)17(18,19)20/h6-7,9,11H,4-5,8,10H2,1-3H3,(H,21,22)/t11-,16-/m0/s1. The number of ether oxygens (including phenoxy) is 2. The Balaban J connectivity index is 2.25. The van der Waals surface area contributed by atoms with Crippen LogP contribution in [-0.4, -0.2) is 25.7 Å². The number of hydrogen-bond acceptors (Lipinski definition) is 3. The number of rotatable bonds is 4. The average Bonchev–Trinajstić information content (AvgIpc) is 2.53. The molecule has 1 amide bonds. The molecule has 1 aromatic carbocycles. The average molecular weight is 345 g/mol. The van der Waals surface area contributed by atoms with E-state index in [-0.39, 0.29) is 11.4 Å². The zero-order valence-corrected chi connectivity index (χ0v) is 14.0. The van der Waals surface area contributed by atoms with Gasteiger partial charge in [0, 0.05) is 12.8 Å². The quantitative estimate of drug-likeness (QED) is 0.887. The molecule has 4 nitrogen and oxygen atoms in total. The Morgan fingerprint density at radius 2 is 2.04 bits per heavy atom. The fourth-order valence-corrected chi connectivity index (χ4v) is 3.24. The maximum Gasteiger partial charge on any atom is 0.420 e. The van der Waals surface area contributed by atoms with Gasteiger partial charge >= 0.3 is 6.18 Å². The highest BCUT2D eigenvalue weighted by Gasteiger charge is 2.42. The van der Waals surface area contributed by atoms with Gasteiger partial charge in [0.05, 0.1) is 12.7 Å². The molecule has 2 rings (SSSR count). The van der Waals surface area contributed by atoms with E-state index in [9.17, 15) is 18.0 Å². The van der Waals surface area contributed by atoms with Crippen molar-refractivity contribution in [2.75, 3.05) is 19.5 Å². The number of alkyl halides is 3. The second-order valence-electron chi connectivity index (χ2n) is 6.27. The molecule has 1 N–H and O–H groups in total. The van der Waals surface area contributed by atoms with Crippen LogP contribution >= 0.6 is 0 Å². The van der Waals surface area contributed by atoms with Gasteiger partial charge in [-0.25, -0.2) is 0 Å². The second-order valence-corrected chi connectivity index (χ2v) is 6.27. The molecule has 0 saturated heterocycles. The molecule has 1 fully saturated rings. The summed E-state index contributed by atoms with van der Waals surface area (Å²) in [4.78, 5) is 12.6. The predicted molar refractivity (Wildman–Crippen MR) is 84.0 cm³/mol. The third kappa shape index (κ3) is 3.83. The molecule has 0 radical (unpaired) electrons. The van der Waals surface area contributed by atoms with Crippen molar-refractivity contribution in [2.24, 2.45) is 5.92 Å². The summed E-state index contributed by atoms with van der Waals surface area (Å²) in [5.41, 5.74) is -1.84. The molecule has 0 bridgehead atoms. The number of anilines is 1. The Morgan fingerprint density at radius 3 is 2.58 bits per heavy atom. The van der Waals surface area contributed by atoms with Gasteiger partial charge in [0.1, 0.15) is 11.4 Å². The summed E-state index contributed by atoms with van der Waals surface area (Å²) in [6.45, 7) is 2.04. The normalized spacial score (nSPS) is 24.5. The lowest BCUT2D eigenvalue weighted by Crippen LogP contribution is -2.47. The molecule has 0 aromatic heterocycles. The fourth-order valence-electron chi connectivity index (χ4n) is 3.24. The van der Waals surface area contributed by atoms with Crippen LogP contribution in [-0.2, 0) is 15.7 Å². The molecule has 2 atom stereocenters. The highest BCUT2D eigenvalue weighted by Crippen LogP contribution is 2.39. The van der Waals surface area contributed by atoms with Gasteiger partial charge in [-0.3, -0.25) is 4.79 Å². The zero-order valence-electron chi connectivity index (χ0n) is 14.0. The number of carbonyl (C=O) groups is 1. The lowest BCUT2D eigenvalue weighted by Gasteiger charge is -2.37. The van der Waals surface area contributed by atoms with Crippen LogP contribution in [0.25, 0.3) is 0 Å². The summed E-state index contributed by atoms with van der Waals surface area (Å²) in [5, 5.41) is 2.57. The van der Waals surface area contributed by atoms with Crippen molar-refractivity contribution in [2.45, 2.75) is 44.4 Å². The van der Waals surface area contributed by atoms with Crippen molar-refractivity contribution in [3.8, 4) is 5.75 Å². The van der Waals surface area contributed by atoms with E-state index in [0.717, 1.165) is 18.9 Å². The summed E-state index contributed by atoms with van der Waals surface area (Å²) in [6, 6.07) is 3.47. The molecule has 0 aliphatic heterocycles. The summed E-state index contributed by atoms with van der Waals surface area (Å²) >= 11 is 0. The van der Waals surface area contributed by atoms with E-state index < -0.39 is 23.2 Å².